The summed E-state index contributed by atoms with van der Waals surface area (Å²) in [6.45, 7) is 4.69. The van der Waals surface area contributed by atoms with Crippen LogP contribution in [0.5, 0.6) is 0 Å². The molecule has 232 valence electrons. The summed E-state index contributed by atoms with van der Waals surface area (Å²) in [4.78, 5) is 7.46. The van der Waals surface area contributed by atoms with Crippen molar-refractivity contribution in [3.63, 3.8) is 0 Å². The summed E-state index contributed by atoms with van der Waals surface area (Å²) in [5.41, 5.74) is 15.1. The highest BCUT2D eigenvalue weighted by Crippen LogP contribution is 2.54. The third kappa shape index (κ3) is 4.12. The van der Waals surface area contributed by atoms with Gasteiger partial charge in [-0.3, -0.25) is 0 Å². The second-order valence-electron chi connectivity index (χ2n) is 13.6. The molecule has 10 rings (SSSR count). The summed E-state index contributed by atoms with van der Waals surface area (Å²) >= 11 is 0. The highest BCUT2D eigenvalue weighted by atomic mass is 16.4. The largest absolute Gasteiger partial charge is 0.435 e. The first-order chi connectivity index (χ1) is 24.1. The molecule has 0 saturated heterocycles. The number of benzene rings is 7. The number of rotatable bonds is 5. The first-order valence-electron chi connectivity index (χ1n) is 16.9. The van der Waals surface area contributed by atoms with Gasteiger partial charge in [0.15, 0.2) is 5.76 Å². The van der Waals surface area contributed by atoms with Gasteiger partial charge < -0.3 is 9.32 Å². The third-order valence-corrected chi connectivity index (χ3v) is 10.4. The van der Waals surface area contributed by atoms with Crippen molar-refractivity contribution in [1.29, 1.82) is 0 Å². The molecule has 3 nitrogen and oxygen atoms in total. The average molecular weight is 629 g/mol. The van der Waals surface area contributed by atoms with Crippen LogP contribution in [-0.2, 0) is 5.41 Å². The number of nitrogens with zero attached hydrogens (tertiary/aromatic N) is 2. The van der Waals surface area contributed by atoms with Crippen molar-refractivity contribution < 1.29 is 4.42 Å². The van der Waals surface area contributed by atoms with E-state index in [2.05, 4.69) is 146 Å². The average Bonchev–Trinajstić information content (AvgIpc) is 3.79. The molecule has 1 heterocycles. The van der Waals surface area contributed by atoms with Gasteiger partial charge in [0, 0.05) is 44.3 Å². The van der Waals surface area contributed by atoms with E-state index in [9.17, 15) is 0 Å². The Morgan fingerprint density at radius 1 is 0.510 bits per heavy atom. The summed E-state index contributed by atoms with van der Waals surface area (Å²) in [6.07, 6.45) is 0. The van der Waals surface area contributed by atoms with Gasteiger partial charge >= 0.3 is 0 Å². The summed E-state index contributed by atoms with van der Waals surface area (Å²) < 4.78 is 6.50. The predicted molar refractivity (Wildman–Crippen MR) is 202 cm³/mol. The molecule has 0 unspecified atom stereocenters. The minimum atomic E-state index is -0.113. The molecule has 49 heavy (non-hydrogen) atoms. The van der Waals surface area contributed by atoms with Gasteiger partial charge in [-0.2, -0.15) is 0 Å². The summed E-state index contributed by atoms with van der Waals surface area (Å²) in [6, 6.07) is 56.5. The Hall–Kier alpha value is -6.19. The molecule has 0 amide bonds. The lowest BCUT2D eigenvalue weighted by molar-refractivity contribution is 0.590. The molecule has 2 aliphatic carbocycles. The van der Waals surface area contributed by atoms with Crippen LogP contribution < -0.4 is 4.90 Å². The van der Waals surface area contributed by atoms with E-state index in [0.717, 1.165) is 50.6 Å². The maximum Gasteiger partial charge on any atom is 0.227 e. The second kappa shape index (κ2) is 10.4. The molecule has 0 fully saturated rings. The van der Waals surface area contributed by atoms with Crippen molar-refractivity contribution in [2.45, 2.75) is 19.3 Å². The van der Waals surface area contributed by atoms with Gasteiger partial charge in [0.1, 0.15) is 5.69 Å². The van der Waals surface area contributed by atoms with Crippen LogP contribution in [0, 0.1) is 0 Å². The quantitative estimate of drug-likeness (QED) is 0.190. The maximum atomic E-state index is 6.50. The molecule has 0 bridgehead atoms. The zero-order valence-corrected chi connectivity index (χ0v) is 27.3. The lowest BCUT2D eigenvalue weighted by Gasteiger charge is -2.29. The van der Waals surface area contributed by atoms with E-state index in [1.807, 2.05) is 30.3 Å². The van der Waals surface area contributed by atoms with E-state index in [1.165, 1.54) is 38.8 Å². The van der Waals surface area contributed by atoms with Gasteiger partial charge in [0.2, 0.25) is 5.89 Å². The van der Waals surface area contributed by atoms with E-state index in [4.69, 9.17) is 9.40 Å². The highest BCUT2D eigenvalue weighted by Gasteiger charge is 2.36. The molecule has 8 aromatic rings. The van der Waals surface area contributed by atoms with Crippen molar-refractivity contribution in [1.82, 2.24) is 4.98 Å². The van der Waals surface area contributed by atoms with Gasteiger partial charge in [-0.15, -0.1) is 0 Å². The normalized spacial score (nSPS) is 13.3. The number of fused-ring (bicyclic) bond motifs is 6. The molecule has 0 radical (unpaired) electrons. The van der Waals surface area contributed by atoms with Gasteiger partial charge in [-0.1, -0.05) is 123 Å². The number of oxazole rings is 1. The van der Waals surface area contributed by atoms with Crippen LogP contribution in [0.15, 0.2) is 162 Å². The Kier molecular flexibility index (Phi) is 5.92. The van der Waals surface area contributed by atoms with Crippen LogP contribution in [0.1, 0.15) is 25.0 Å². The fourth-order valence-corrected chi connectivity index (χ4v) is 8.08. The van der Waals surface area contributed by atoms with Crippen LogP contribution in [0.3, 0.4) is 0 Å². The second-order valence-corrected chi connectivity index (χ2v) is 13.6. The number of hydrogen-bond donors (Lipinski definition) is 0. The minimum absolute atomic E-state index is 0.113. The monoisotopic (exact) mass is 628 g/mol. The van der Waals surface area contributed by atoms with Gasteiger partial charge in [-0.25, -0.2) is 4.98 Å². The standard InChI is InChI=1S/C46H32N2O/c1-46(2)39-22-10-9-19-34(39)35-24-23-33(28-40(35)46)48(32-18-11-17-31(27-32)29-13-5-3-6-14-29)41-26-25-37-42-36(41)20-12-21-38(42)44-43(37)47-45(49-44)30-15-7-4-8-16-30/h3-28H,1-2H3. The Bertz CT molecular complexity index is 2550. The van der Waals surface area contributed by atoms with Crippen molar-refractivity contribution in [2.24, 2.45) is 0 Å². The van der Waals surface area contributed by atoms with Gasteiger partial charge in [0.05, 0.1) is 5.69 Å². The molecule has 0 spiro atoms. The molecule has 0 aliphatic heterocycles. The molecular weight excluding hydrogens is 597 g/mol. The van der Waals surface area contributed by atoms with Gasteiger partial charge in [-0.05, 0) is 81.9 Å². The zero-order valence-electron chi connectivity index (χ0n) is 27.3. The lowest BCUT2D eigenvalue weighted by Crippen LogP contribution is -2.16. The molecule has 3 heteroatoms. The minimum Gasteiger partial charge on any atom is -0.435 e. The van der Waals surface area contributed by atoms with Crippen LogP contribution in [-0.4, -0.2) is 4.98 Å². The first-order valence-corrected chi connectivity index (χ1v) is 16.9. The molecule has 2 aliphatic rings. The predicted octanol–water partition coefficient (Wildman–Crippen LogP) is 12.6. The number of hydrogen-bond acceptors (Lipinski definition) is 3. The molecule has 1 aromatic heterocycles. The van der Waals surface area contributed by atoms with Crippen molar-refractivity contribution >= 4 is 27.8 Å². The third-order valence-electron chi connectivity index (χ3n) is 10.4. The fraction of sp³-hybridized carbons (Fsp3) is 0.0652. The number of anilines is 3. The molecular formula is C46H32N2O. The van der Waals surface area contributed by atoms with E-state index < -0.39 is 0 Å². The maximum absolute atomic E-state index is 6.50. The van der Waals surface area contributed by atoms with Crippen molar-refractivity contribution in [3.8, 4) is 56.3 Å². The summed E-state index contributed by atoms with van der Waals surface area (Å²) in [5.74, 6) is 1.49. The highest BCUT2D eigenvalue weighted by molar-refractivity contribution is 6.17. The van der Waals surface area contributed by atoms with Crippen LogP contribution >= 0.6 is 0 Å². The lowest BCUT2D eigenvalue weighted by atomic mass is 9.82. The Labute approximate surface area is 285 Å². The van der Waals surface area contributed by atoms with Gasteiger partial charge in [0.25, 0.3) is 0 Å². The van der Waals surface area contributed by atoms with E-state index in [-0.39, 0.29) is 5.41 Å². The molecule has 0 saturated carbocycles. The Balaban J connectivity index is 1.18. The van der Waals surface area contributed by atoms with E-state index in [0.29, 0.717) is 5.89 Å². The summed E-state index contributed by atoms with van der Waals surface area (Å²) in [7, 11) is 0. The van der Waals surface area contributed by atoms with Crippen LogP contribution in [0.2, 0.25) is 0 Å². The first kappa shape index (κ1) is 27.9. The number of aromatic nitrogens is 1. The Morgan fingerprint density at radius 3 is 2.00 bits per heavy atom. The molecule has 7 aromatic carbocycles. The summed E-state index contributed by atoms with van der Waals surface area (Å²) in [5, 5.41) is 2.34. The van der Waals surface area contributed by atoms with E-state index >= 15 is 0 Å². The van der Waals surface area contributed by atoms with Crippen LogP contribution in [0.4, 0.5) is 17.1 Å². The SMILES string of the molecule is CC1(C)c2ccccc2-c2ccc(N(c3cccc(-c4ccccc4)c3)c3ccc4c5c(cccc35)-c3oc(-c5ccccc5)nc3-4)cc21. The van der Waals surface area contributed by atoms with Crippen molar-refractivity contribution in [3.05, 3.63) is 169 Å². The van der Waals surface area contributed by atoms with Crippen LogP contribution in [0.25, 0.3) is 67.1 Å². The van der Waals surface area contributed by atoms with E-state index in [1.54, 1.807) is 0 Å². The molecule has 0 atom stereocenters. The topological polar surface area (TPSA) is 29.3 Å². The zero-order chi connectivity index (χ0) is 32.7. The molecule has 0 N–H and O–H groups in total. The van der Waals surface area contributed by atoms with Crippen molar-refractivity contribution in [2.75, 3.05) is 4.90 Å². The fourth-order valence-electron chi connectivity index (χ4n) is 8.08. The smallest absolute Gasteiger partial charge is 0.227 e. The Morgan fingerprint density at radius 2 is 1.16 bits per heavy atom.